The molecule has 7 rings (SSSR count). The first kappa shape index (κ1) is 20.9. The molecule has 0 aliphatic heterocycles. The second-order valence-electron chi connectivity index (χ2n) is 9.64. The van der Waals surface area contributed by atoms with Crippen molar-refractivity contribution in [3.8, 4) is 0 Å². The van der Waals surface area contributed by atoms with E-state index in [0.717, 1.165) is 6.42 Å². The van der Waals surface area contributed by atoms with Gasteiger partial charge in [0.2, 0.25) is 0 Å². The summed E-state index contributed by atoms with van der Waals surface area (Å²) in [6.07, 6.45) is 0.948. The van der Waals surface area contributed by atoms with Gasteiger partial charge in [-0.05, 0) is 67.7 Å². The molecule has 36 heavy (non-hydrogen) atoms. The van der Waals surface area contributed by atoms with Crippen LogP contribution in [0.4, 0.5) is 0 Å². The Morgan fingerprint density at radius 3 is 1.67 bits per heavy atom. The fraction of sp³-hybridized carbons (Fsp3) is 0.0556. The summed E-state index contributed by atoms with van der Waals surface area (Å²) in [5.41, 5.74) is 15.1. The summed E-state index contributed by atoms with van der Waals surface area (Å²) in [5.74, 6) is 0.195. The van der Waals surface area contributed by atoms with E-state index in [1.165, 1.54) is 61.2 Å². The summed E-state index contributed by atoms with van der Waals surface area (Å²) in [6.45, 7) is 0. The highest BCUT2D eigenvalue weighted by Crippen LogP contribution is 2.54. The van der Waals surface area contributed by atoms with Crippen LogP contribution >= 0.6 is 0 Å². The van der Waals surface area contributed by atoms with Crippen molar-refractivity contribution in [1.82, 2.24) is 0 Å². The number of hydrogen-bond donors (Lipinski definition) is 0. The van der Waals surface area contributed by atoms with Crippen molar-refractivity contribution in [2.45, 2.75) is 12.3 Å². The van der Waals surface area contributed by atoms with E-state index < -0.39 is 0 Å². The Hall–Kier alpha value is -4.42. The van der Waals surface area contributed by atoms with Crippen LogP contribution in [0.25, 0.3) is 11.1 Å². The van der Waals surface area contributed by atoms with Gasteiger partial charge in [0, 0.05) is 5.92 Å². The van der Waals surface area contributed by atoms with Gasteiger partial charge in [0.15, 0.2) is 0 Å². The van der Waals surface area contributed by atoms with Crippen molar-refractivity contribution < 1.29 is 0 Å². The van der Waals surface area contributed by atoms with Crippen molar-refractivity contribution in [2.75, 3.05) is 0 Å². The van der Waals surface area contributed by atoms with Crippen molar-refractivity contribution in [3.63, 3.8) is 0 Å². The Balaban J connectivity index is 1.60. The molecule has 1 unspecified atom stereocenters. The molecule has 0 saturated carbocycles. The third-order valence-corrected chi connectivity index (χ3v) is 7.64. The molecule has 0 fully saturated rings. The fourth-order valence-electron chi connectivity index (χ4n) is 6.18. The first-order chi connectivity index (χ1) is 17.9. The quantitative estimate of drug-likeness (QED) is 0.253. The molecule has 0 amide bonds. The molecule has 0 radical (unpaired) electrons. The lowest BCUT2D eigenvalue weighted by Crippen LogP contribution is -2.05. The van der Waals surface area contributed by atoms with Crippen LogP contribution in [0.5, 0.6) is 0 Å². The monoisotopic (exact) mass is 458 g/mol. The molecule has 0 nitrogen and oxygen atoms in total. The summed E-state index contributed by atoms with van der Waals surface area (Å²) in [7, 11) is 0. The van der Waals surface area contributed by atoms with E-state index in [-0.39, 0.29) is 5.92 Å². The maximum Gasteiger partial charge on any atom is 0.0355 e. The summed E-state index contributed by atoms with van der Waals surface area (Å²) < 4.78 is 0. The van der Waals surface area contributed by atoms with Gasteiger partial charge in [-0.1, -0.05) is 140 Å². The molecule has 0 heterocycles. The Kier molecular flexibility index (Phi) is 5.03. The van der Waals surface area contributed by atoms with Crippen LogP contribution in [0.1, 0.15) is 44.9 Å². The first-order valence-electron chi connectivity index (χ1n) is 12.7. The van der Waals surface area contributed by atoms with E-state index >= 15 is 0 Å². The maximum atomic E-state index is 2.33. The third-order valence-electron chi connectivity index (χ3n) is 7.64. The van der Waals surface area contributed by atoms with Gasteiger partial charge in [0.25, 0.3) is 0 Å². The summed E-state index contributed by atoms with van der Waals surface area (Å²) >= 11 is 0. The second kappa shape index (κ2) is 8.66. The summed E-state index contributed by atoms with van der Waals surface area (Å²) in [6, 6.07) is 50.9. The van der Waals surface area contributed by atoms with Gasteiger partial charge in [0.1, 0.15) is 0 Å². The normalized spacial score (nSPS) is 16.3. The van der Waals surface area contributed by atoms with Gasteiger partial charge in [-0.15, -0.1) is 0 Å². The SMILES string of the molecule is c1ccc(C2=C(C3=C(c4ccccc4)c4ccccc4C3c3ccccc3)Cc3ccccc32)cc1. The van der Waals surface area contributed by atoms with E-state index in [0.29, 0.717) is 0 Å². The topological polar surface area (TPSA) is 0 Å². The van der Waals surface area contributed by atoms with Gasteiger partial charge >= 0.3 is 0 Å². The highest BCUT2D eigenvalue weighted by molar-refractivity contribution is 5.98. The predicted molar refractivity (Wildman–Crippen MR) is 150 cm³/mol. The van der Waals surface area contributed by atoms with Crippen molar-refractivity contribution >= 4 is 11.1 Å². The largest absolute Gasteiger partial charge is 0.0622 e. The van der Waals surface area contributed by atoms with Crippen LogP contribution in [0.15, 0.2) is 151 Å². The lowest BCUT2D eigenvalue weighted by Gasteiger charge is -2.21. The number of benzene rings is 5. The molecule has 0 aromatic heterocycles. The van der Waals surface area contributed by atoms with Crippen LogP contribution in [0.3, 0.4) is 0 Å². The Bertz CT molecular complexity index is 1620. The molecule has 0 saturated heterocycles. The Morgan fingerprint density at radius 1 is 0.444 bits per heavy atom. The lowest BCUT2D eigenvalue weighted by molar-refractivity contribution is 0.968. The molecular formula is C36H26. The average Bonchev–Trinajstić information content (AvgIpc) is 3.50. The van der Waals surface area contributed by atoms with Crippen LogP contribution < -0.4 is 0 Å². The molecular weight excluding hydrogens is 432 g/mol. The van der Waals surface area contributed by atoms with Gasteiger partial charge in [0.05, 0.1) is 0 Å². The Labute approximate surface area is 212 Å². The van der Waals surface area contributed by atoms with E-state index in [9.17, 15) is 0 Å². The zero-order chi connectivity index (χ0) is 23.9. The third kappa shape index (κ3) is 3.30. The number of hydrogen-bond acceptors (Lipinski definition) is 0. The molecule has 5 aromatic rings. The van der Waals surface area contributed by atoms with Gasteiger partial charge < -0.3 is 0 Å². The molecule has 0 spiro atoms. The van der Waals surface area contributed by atoms with Gasteiger partial charge in [-0.3, -0.25) is 0 Å². The van der Waals surface area contributed by atoms with Crippen molar-refractivity contribution in [1.29, 1.82) is 0 Å². The number of allylic oxidation sites excluding steroid dienone is 2. The van der Waals surface area contributed by atoms with Gasteiger partial charge in [-0.25, -0.2) is 0 Å². The summed E-state index contributed by atoms with van der Waals surface area (Å²) in [4.78, 5) is 0. The maximum absolute atomic E-state index is 2.33. The predicted octanol–water partition coefficient (Wildman–Crippen LogP) is 8.69. The number of rotatable bonds is 4. The standard InChI is InChI=1S/C36H26/c1-4-14-25(15-5-1)33-29-21-11-10-20-28(29)24-32(33)36-34(26-16-6-2-7-17-26)30-22-12-13-23-31(30)35(36)27-18-8-3-9-19-27/h1-23,34H,24H2. The summed E-state index contributed by atoms with van der Waals surface area (Å²) in [5, 5.41) is 0. The minimum absolute atomic E-state index is 0.195. The van der Waals surface area contributed by atoms with E-state index in [1.807, 2.05) is 0 Å². The lowest BCUT2D eigenvalue weighted by atomic mass is 9.81. The zero-order valence-electron chi connectivity index (χ0n) is 20.1. The number of fused-ring (bicyclic) bond motifs is 2. The van der Waals surface area contributed by atoms with Crippen LogP contribution in [-0.2, 0) is 6.42 Å². The van der Waals surface area contributed by atoms with E-state index in [1.54, 1.807) is 0 Å². The van der Waals surface area contributed by atoms with Gasteiger partial charge in [-0.2, -0.15) is 0 Å². The van der Waals surface area contributed by atoms with Crippen molar-refractivity contribution in [3.05, 3.63) is 190 Å². The molecule has 170 valence electrons. The molecule has 1 atom stereocenters. The minimum Gasteiger partial charge on any atom is -0.0622 e. The molecule has 2 aliphatic carbocycles. The minimum atomic E-state index is 0.195. The molecule has 2 aliphatic rings. The van der Waals surface area contributed by atoms with Crippen LogP contribution in [0, 0.1) is 0 Å². The van der Waals surface area contributed by atoms with E-state index in [4.69, 9.17) is 0 Å². The molecule has 5 aromatic carbocycles. The fourth-order valence-corrected chi connectivity index (χ4v) is 6.18. The molecule has 0 N–H and O–H groups in total. The molecule has 0 heteroatoms. The Morgan fingerprint density at radius 2 is 0.972 bits per heavy atom. The highest BCUT2D eigenvalue weighted by atomic mass is 14.4. The smallest absolute Gasteiger partial charge is 0.0355 e. The van der Waals surface area contributed by atoms with Crippen LogP contribution in [0.2, 0.25) is 0 Å². The average molecular weight is 459 g/mol. The van der Waals surface area contributed by atoms with E-state index in [2.05, 4.69) is 140 Å². The molecule has 0 bridgehead atoms. The van der Waals surface area contributed by atoms with Crippen molar-refractivity contribution in [2.24, 2.45) is 0 Å². The first-order valence-corrected chi connectivity index (χ1v) is 12.7. The second-order valence-corrected chi connectivity index (χ2v) is 9.64. The highest BCUT2D eigenvalue weighted by Gasteiger charge is 2.37. The zero-order valence-corrected chi connectivity index (χ0v) is 20.1. The van der Waals surface area contributed by atoms with Crippen LogP contribution in [-0.4, -0.2) is 0 Å².